The van der Waals surface area contributed by atoms with E-state index in [1.807, 2.05) is 0 Å². The second-order valence-corrected chi connectivity index (χ2v) is 5.04. The van der Waals surface area contributed by atoms with E-state index in [2.05, 4.69) is 15.5 Å². The van der Waals surface area contributed by atoms with Crippen LogP contribution in [-0.4, -0.2) is 16.1 Å². The summed E-state index contributed by atoms with van der Waals surface area (Å²) in [5.74, 6) is -0.518. The Balaban J connectivity index is 2.12. The van der Waals surface area contributed by atoms with Crippen LogP contribution in [0.3, 0.4) is 0 Å². The van der Waals surface area contributed by atoms with Crippen molar-refractivity contribution in [3.63, 3.8) is 0 Å². The Hall–Kier alpha value is -1.93. The van der Waals surface area contributed by atoms with Gasteiger partial charge in [-0.15, -0.1) is 10.2 Å². The van der Waals surface area contributed by atoms with E-state index in [0.717, 1.165) is 29.5 Å². The molecule has 1 heterocycles. The maximum atomic E-state index is 12.7. The van der Waals surface area contributed by atoms with Gasteiger partial charge in [0.1, 0.15) is 5.51 Å². The summed E-state index contributed by atoms with van der Waals surface area (Å²) in [6.45, 7) is 0. The summed E-state index contributed by atoms with van der Waals surface area (Å²) in [5, 5.41) is 9.47. The van der Waals surface area contributed by atoms with Crippen molar-refractivity contribution in [2.45, 2.75) is 6.18 Å². The van der Waals surface area contributed by atoms with Crippen LogP contribution in [0.2, 0.25) is 5.02 Å². The van der Waals surface area contributed by atoms with Gasteiger partial charge in [0.25, 0.3) is 0 Å². The minimum absolute atomic E-state index is 0.208. The van der Waals surface area contributed by atoms with E-state index in [1.165, 1.54) is 17.7 Å². The molecule has 2 aromatic rings. The fourth-order valence-electron chi connectivity index (χ4n) is 1.41. The number of hydrogen-bond donors (Lipinski definition) is 1. The van der Waals surface area contributed by atoms with Crippen LogP contribution in [-0.2, 0) is 11.0 Å². The lowest BCUT2D eigenvalue weighted by molar-refractivity contribution is -0.137. The second kappa shape index (κ2) is 6.23. The maximum absolute atomic E-state index is 12.7. The number of alkyl halides is 3. The van der Waals surface area contributed by atoms with Crippen molar-refractivity contribution in [2.75, 3.05) is 5.32 Å². The summed E-state index contributed by atoms with van der Waals surface area (Å²) >= 11 is 6.63. The van der Waals surface area contributed by atoms with Crippen molar-refractivity contribution in [3.8, 4) is 0 Å². The zero-order valence-electron chi connectivity index (χ0n) is 10.2. The molecule has 110 valence electrons. The number of rotatable bonds is 3. The highest BCUT2D eigenvalue weighted by atomic mass is 35.5. The van der Waals surface area contributed by atoms with Crippen LogP contribution in [0, 0.1) is 0 Å². The number of benzene rings is 1. The molecule has 0 fully saturated rings. The van der Waals surface area contributed by atoms with Crippen molar-refractivity contribution < 1.29 is 18.0 Å². The van der Waals surface area contributed by atoms with E-state index in [4.69, 9.17) is 11.6 Å². The molecule has 1 amide bonds. The highest BCUT2D eigenvalue weighted by Crippen LogP contribution is 2.35. The third kappa shape index (κ3) is 4.27. The fraction of sp³-hybridized carbons (Fsp3) is 0.0833. The predicted octanol–water partition coefficient (Wildman–Crippen LogP) is 3.86. The molecular weight excluding hydrogens is 327 g/mol. The molecule has 1 N–H and O–H groups in total. The smallest absolute Gasteiger partial charge is 0.297 e. The SMILES string of the molecule is O=C(/C=C/c1ccc(Cl)c(C(F)(F)F)c1)Nc1nncs1. The zero-order chi connectivity index (χ0) is 15.5. The van der Waals surface area contributed by atoms with Crippen LogP contribution < -0.4 is 5.32 Å². The topological polar surface area (TPSA) is 54.9 Å². The predicted molar refractivity (Wildman–Crippen MR) is 74.0 cm³/mol. The first-order valence-corrected chi connectivity index (χ1v) is 6.74. The van der Waals surface area contributed by atoms with Crippen molar-refractivity contribution in [1.82, 2.24) is 10.2 Å². The number of aromatic nitrogens is 2. The number of amides is 1. The minimum atomic E-state index is -4.55. The first-order chi connectivity index (χ1) is 9.86. The molecule has 1 aromatic heterocycles. The largest absolute Gasteiger partial charge is 0.417 e. The van der Waals surface area contributed by atoms with Gasteiger partial charge in [0.05, 0.1) is 10.6 Å². The minimum Gasteiger partial charge on any atom is -0.297 e. The normalized spacial score (nSPS) is 11.8. The standard InChI is InChI=1S/C12H7ClF3N3OS/c13-9-3-1-7(5-8(9)12(14,15)16)2-4-10(20)18-11-19-17-6-21-11/h1-6H,(H,18,19,20)/b4-2+. The molecule has 4 nitrogen and oxygen atoms in total. The molecular formula is C12H7ClF3N3OS. The lowest BCUT2D eigenvalue weighted by Gasteiger charge is -2.09. The van der Waals surface area contributed by atoms with E-state index in [-0.39, 0.29) is 5.56 Å². The molecule has 21 heavy (non-hydrogen) atoms. The summed E-state index contributed by atoms with van der Waals surface area (Å²) in [4.78, 5) is 11.5. The Morgan fingerprint density at radius 3 is 2.76 bits per heavy atom. The van der Waals surface area contributed by atoms with Crippen LogP contribution in [0.25, 0.3) is 6.08 Å². The third-order valence-electron chi connectivity index (χ3n) is 2.31. The molecule has 2 rings (SSSR count). The summed E-state index contributed by atoms with van der Waals surface area (Å²) in [5.41, 5.74) is 0.698. The first kappa shape index (κ1) is 15.5. The molecule has 0 aliphatic carbocycles. The number of carbonyl (C=O) groups is 1. The molecule has 0 radical (unpaired) electrons. The number of nitrogens with zero attached hydrogens (tertiary/aromatic N) is 2. The number of carbonyl (C=O) groups excluding carboxylic acids is 1. The second-order valence-electron chi connectivity index (χ2n) is 3.80. The van der Waals surface area contributed by atoms with E-state index < -0.39 is 22.7 Å². The summed E-state index contributed by atoms with van der Waals surface area (Å²) in [7, 11) is 0. The van der Waals surface area contributed by atoms with Crippen LogP contribution in [0.1, 0.15) is 11.1 Å². The molecule has 0 aliphatic rings. The van der Waals surface area contributed by atoms with Gasteiger partial charge in [-0.2, -0.15) is 13.2 Å². The number of halogens is 4. The van der Waals surface area contributed by atoms with E-state index >= 15 is 0 Å². The Labute approximate surface area is 126 Å². The van der Waals surface area contributed by atoms with E-state index in [9.17, 15) is 18.0 Å². The Morgan fingerprint density at radius 1 is 1.38 bits per heavy atom. The first-order valence-electron chi connectivity index (χ1n) is 5.48. The van der Waals surface area contributed by atoms with Crippen LogP contribution >= 0.6 is 22.9 Å². The monoisotopic (exact) mass is 333 g/mol. The highest BCUT2D eigenvalue weighted by Gasteiger charge is 2.33. The third-order valence-corrected chi connectivity index (χ3v) is 3.25. The van der Waals surface area contributed by atoms with Gasteiger partial charge in [-0.3, -0.25) is 10.1 Å². The summed E-state index contributed by atoms with van der Waals surface area (Å²) in [6.07, 6.45) is -2.19. The van der Waals surface area contributed by atoms with Gasteiger partial charge in [-0.25, -0.2) is 0 Å². The van der Waals surface area contributed by atoms with E-state index in [1.54, 1.807) is 0 Å². The van der Waals surface area contributed by atoms with Crippen molar-refractivity contribution in [3.05, 3.63) is 45.9 Å². The molecule has 0 saturated heterocycles. The molecule has 0 bridgehead atoms. The van der Waals surface area contributed by atoms with Crippen molar-refractivity contribution in [1.29, 1.82) is 0 Å². The lowest BCUT2D eigenvalue weighted by Crippen LogP contribution is -2.08. The number of hydrogen-bond acceptors (Lipinski definition) is 4. The Morgan fingerprint density at radius 2 is 2.14 bits per heavy atom. The zero-order valence-corrected chi connectivity index (χ0v) is 11.8. The summed E-state index contributed by atoms with van der Waals surface area (Å²) in [6, 6.07) is 3.38. The molecule has 0 saturated carbocycles. The lowest BCUT2D eigenvalue weighted by atomic mass is 10.1. The average molecular weight is 334 g/mol. The summed E-state index contributed by atoms with van der Waals surface area (Å²) < 4.78 is 38.0. The molecule has 9 heteroatoms. The number of anilines is 1. The van der Waals surface area contributed by atoms with Gasteiger partial charge in [-0.05, 0) is 23.8 Å². The Bertz CT molecular complexity index is 671. The van der Waals surface area contributed by atoms with Gasteiger partial charge >= 0.3 is 6.18 Å². The van der Waals surface area contributed by atoms with Crippen molar-refractivity contribution in [2.24, 2.45) is 0 Å². The fourth-order valence-corrected chi connectivity index (χ4v) is 2.08. The van der Waals surface area contributed by atoms with Crippen LogP contribution in [0.4, 0.5) is 18.3 Å². The van der Waals surface area contributed by atoms with Gasteiger partial charge in [0.15, 0.2) is 0 Å². The van der Waals surface area contributed by atoms with Gasteiger partial charge in [0, 0.05) is 6.08 Å². The molecule has 1 aromatic carbocycles. The van der Waals surface area contributed by atoms with Gasteiger partial charge < -0.3 is 0 Å². The molecule has 0 spiro atoms. The van der Waals surface area contributed by atoms with Crippen molar-refractivity contribution >= 4 is 40.1 Å². The quantitative estimate of drug-likeness (QED) is 0.868. The molecule has 0 unspecified atom stereocenters. The maximum Gasteiger partial charge on any atom is 0.417 e. The highest BCUT2D eigenvalue weighted by molar-refractivity contribution is 7.13. The molecule has 0 atom stereocenters. The number of nitrogens with one attached hydrogen (secondary N) is 1. The van der Waals surface area contributed by atoms with Gasteiger partial charge in [0.2, 0.25) is 11.0 Å². The average Bonchev–Trinajstić information content (AvgIpc) is 2.89. The molecule has 0 aliphatic heterocycles. The van der Waals surface area contributed by atoms with E-state index in [0.29, 0.717) is 5.13 Å². The van der Waals surface area contributed by atoms with Gasteiger partial charge in [-0.1, -0.05) is 29.0 Å². The van der Waals surface area contributed by atoms with Crippen LogP contribution in [0.15, 0.2) is 29.8 Å². The van der Waals surface area contributed by atoms with Crippen LogP contribution in [0.5, 0.6) is 0 Å². The Kier molecular flexibility index (Phi) is 4.59.